The fraction of sp³-hybridized carbons (Fsp3) is 0.429. The Morgan fingerprint density at radius 3 is 2.68 bits per heavy atom. The summed E-state index contributed by atoms with van der Waals surface area (Å²) in [6, 6.07) is 11.5. The minimum absolute atomic E-state index is 0.187. The summed E-state index contributed by atoms with van der Waals surface area (Å²) in [6.07, 6.45) is 2.27. The standard InChI is InChI=1S/C21H30N4O3/c1-4-22-21(25(3)14-16-27-18-9-6-5-7-10-18)24-13-8-12-23-20(26)19-17(2)11-15-28-19/h5-7,9-11,15H,4,8,12-14,16H2,1-3H3,(H,22,24)(H,23,26). The summed E-state index contributed by atoms with van der Waals surface area (Å²) in [5, 5.41) is 6.14. The first-order valence-electron chi connectivity index (χ1n) is 9.61. The van der Waals surface area contributed by atoms with Crippen molar-refractivity contribution in [2.45, 2.75) is 20.3 Å². The van der Waals surface area contributed by atoms with Crippen LogP contribution < -0.4 is 15.4 Å². The summed E-state index contributed by atoms with van der Waals surface area (Å²) in [5.41, 5.74) is 0.837. The van der Waals surface area contributed by atoms with Crippen LogP contribution in [-0.4, -0.2) is 56.6 Å². The molecule has 28 heavy (non-hydrogen) atoms. The number of hydrogen-bond acceptors (Lipinski definition) is 4. The van der Waals surface area contributed by atoms with Crippen LogP contribution >= 0.6 is 0 Å². The summed E-state index contributed by atoms with van der Waals surface area (Å²) < 4.78 is 10.9. The normalized spacial score (nSPS) is 11.2. The number of para-hydroxylation sites is 1. The van der Waals surface area contributed by atoms with Crippen LogP contribution in [0.25, 0.3) is 0 Å². The summed E-state index contributed by atoms with van der Waals surface area (Å²) in [6.45, 7) is 7.13. The SMILES string of the molecule is CCNC(=NCCCNC(=O)c1occc1C)N(C)CCOc1ccccc1. The van der Waals surface area contributed by atoms with Gasteiger partial charge in [0.25, 0.3) is 5.91 Å². The molecular weight excluding hydrogens is 356 g/mol. The second-order valence-corrected chi connectivity index (χ2v) is 6.36. The van der Waals surface area contributed by atoms with Crippen molar-refractivity contribution in [1.29, 1.82) is 0 Å². The fourth-order valence-electron chi connectivity index (χ4n) is 2.54. The van der Waals surface area contributed by atoms with Crippen molar-refractivity contribution in [2.24, 2.45) is 4.99 Å². The van der Waals surface area contributed by atoms with Gasteiger partial charge in [0, 0.05) is 32.2 Å². The number of rotatable bonds is 10. The first-order chi connectivity index (χ1) is 13.6. The summed E-state index contributed by atoms with van der Waals surface area (Å²) in [4.78, 5) is 18.7. The molecule has 0 saturated heterocycles. The number of amides is 1. The minimum Gasteiger partial charge on any atom is -0.492 e. The molecule has 0 unspecified atom stereocenters. The number of nitrogens with one attached hydrogen (secondary N) is 2. The molecule has 2 N–H and O–H groups in total. The van der Waals surface area contributed by atoms with Crippen molar-refractivity contribution in [3.63, 3.8) is 0 Å². The van der Waals surface area contributed by atoms with E-state index in [9.17, 15) is 4.79 Å². The molecule has 1 aromatic heterocycles. The second-order valence-electron chi connectivity index (χ2n) is 6.36. The van der Waals surface area contributed by atoms with Gasteiger partial charge >= 0.3 is 0 Å². The Morgan fingerprint density at radius 2 is 2.00 bits per heavy atom. The highest BCUT2D eigenvalue weighted by molar-refractivity contribution is 5.92. The molecule has 152 valence electrons. The van der Waals surface area contributed by atoms with E-state index >= 15 is 0 Å². The monoisotopic (exact) mass is 386 g/mol. The highest BCUT2D eigenvalue weighted by atomic mass is 16.5. The molecule has 0 fully saturated rings. The Kier molecular flexibility index (Phi) is 8.91. The lowest BCUT2D eigenvalue weighted by Crippen LogP contribution is -2.41. The van der Waals surface area contributed by atoms with E-state index in [4.69, 9.17) is 9.15 Å². The van der Waals surface area contributed by atoms with Crippen LogP contribution in [0.1, 0.15) is 29.5 Å². The van der Waals surface area contributed by atoms with E-state index in [2.05, 4.69) is 15.6 Å². The summed E-state index contributed by atoms with van der Waals surface area (Å²) >= 11 is 0. The van der Waals surface area contributed by atoms with Crippen molar-refractivity contribution < 1.29 is 13.9 Å². The van der Waals surface area contributed by atoms with Gasteiger partial charge in [-0.05, 0) is 38.5 Å². The topological polar surface area (TPSA) is 79.1 Å². The van der Waals surface area contributed by atoms with E-state index in [0.29, 0.717) is 25.5 Å². The molecule has 0 radical (unpaired) electrons. The molecule has 0 aliphatic carbocycles. The number of nitrogens with zero attached hydrogens (tertiary/aromatic N) is 2. The number of ether oxygens (including phenoxy) is 1. The first kappa shape index (κ1) is 21.3. The molecule has 0 spiro atoms. The van der Waals surface area contributed by atoms with Crippen LogP contribution in [0.2, 0.25) is 0 Å². The lowest BCUT2D eigenvalue weighted by molar-refractivity contribution is 0.0925. The average Bonchev–Trinajstić information content (AvgIpc) is 3.13. The third-order valence-corrected chi connectivity index (χ3v) is 4.09. The van der Waals surface area contributed by atoms with E-state index in [1.807, 2.05) is 56.1 Å². The predicted octanol–water partition coefficient (Wildman–Crippen LogP) is 2.68. The molecule has 7 heteroatoms. The maximum absolute atomic E-state index is 12.0. The van der Waals surface area contributed by atoms with Gasteiger partial charge < -0.3 is 24.7 Å². The number of carbonyl (C=O) groups excluding carboxylic acids is 1. The zero-order valence-corrected chi connectivity index (χ0v) is 16.9. The largest absolute Gasteiger partial charge is 0.492 e. The number of carbonyl (C=O) groups is 1. The number of likely N-dealkylation sites (N-methyl/N-ethyl adjacent to an activating group) is 1. The van der Waals surface area contributed by atoms with Crippen molar-refractivity contribution >= 4 is 11.9 Å². The van der Waals surface area contributed by atoms with Crippen molar-refractivity contribution in [1.82, 2.24) is 15.5 Å². The number of furan rings is 1. The summed E-state index contributed by atoms with van der Waals surface area (Å²) in [7, 11) is 1.98. The molecule has 1 aromatic carbocycles. The van der Waals surface area contributed by atoms with Crippen LogP contribution in [0.4, 0.5) is 0 Å². The van der Waals surface area contributed by atoms with Crippen LogP contribution in [0.15, 0.2) is 52.1 Å². The van der Waals surface area contributed by atoms with Crippen molar-refractivity contribution in [3.05, 3.63) is 54.0 Å². The van der Waals surface area contributed by atoms with Crippen LogP contribution in [-0.2, 0) is 0 Å². The highest BCUT2D eigenvalue weighted by Crippen LogP contribution is 2.08. The predicted molar refractivity (Wildman–Crippen MR) is 111 cm³/mol. The Balaban J connectivity index is 1.71. The van der Waals surface area contributed by atoms with Crippen molar-refractivity contribution in [2.75, 3.05) is 39.8 Å². The van der Waals surface area contributed by atoms with Gasteiger partial charge in [-0.2, -0.15) is 0 Å². The van der Waals surface area contributed by atoms with Gasteiger partial charge in [-0.25, -0.2) is 0 Å². The molecule has 0 aliphatic rings. The zero-order chi connectivity index (χ0) is 20.2. The quantitative estimate of drug-likeness (QED) is 0.373. The third-order valence-electron chi connectivity index (χ3n) is 4.09. The number of guanidine groups is 1. The number of benzene rings is 1. The Labute approximate surface area is 166 Å². The van der Waals surface area contributed by atoms with Crippen molar-refractivity contribution in [3.8, 4) is 5.75 Å². The van der Waals surface area contributed by atoms with Crippen LogP contribution in [0.5, 0.6) is 5.75 Å². The minimum atomic E-state index is -0.187. The molecule has 0 aliphatic heterocycles. The van der Waals surface area contributed by atoms with Gasteiger partial charge in [0.1, 0.15) is 12.4 Å². The van der Waals surface area contributed by atoms with E-state index in [1.165, 1.54) is 6.26 Å². The summed E-state index contributed by atoms with van der Waals surface area (Å²) in [5.74, 6) is 1.87. The molecule has 0 saturated carbocycles. The van der Waals surface area contributed by atoms with Gasteiger partial charge in [-0.15, -0.1) is 0 Å². The maximum Gasteiger partial charge on any atom is 0.287 e. The second kappa shape index (κ2) is 11.7. The van der Waals surface area contributed by atoms with E-state index in [1.54, 1.807) is 6.07 Å². The Morgan fingerprint density at radius 1 is 1.21 bits per heavy atom. The Bertz CT molecular complexity index is 743. The van der Waals surface area contributed by atoms with Gasteiger partial charge in [-0.1, -0.05) is 18.2 Å². The molecule has 0 bridgehead atoms. The maximum atomic E-state index is 12.0. The third kappa shape index (κ3) is 6.98. The van der Waals surface area contributed by atoms with Gasteiger partial charge in [0.15, 0.2) is 11.7 Å². The van der Waals surface area contributed by atoms with E-state index < -0.39 is 0 Å². The smallest absolute Gasteiger partial charge is 0.287 e. The number of hydrogen-bond donors (Lipinski definition) is 2. The lowest BCUT2D eigenvalue weighted by Gasteiger charge is -2.22. The molecular formula is C21H30N4O3. The fourth-order valence-corrected chi connectivity index (χ4v) is 2.54. The van der Waals surface area contributed by atoms with Gasteiger partial charge in [0.2, 0.25) is 0 Å². The van der Waals surface area contributed by atoms with E-state index in [0.717, 1.165) is 36.8 Å². The number of aryl methyl sites for hydroxylation is 1. The number of aliphatic imine (C=N–C) groups is 1. The van der Waals surface area contributed by atoms with Crippen LogP contribution in [0.3, 0.4) is 0 Å². The Hall–Kier alpha value is -2.96. The zero-order valence-electron chi connectivity index (χ0n) is 16.9. The van der Waals surface area contributed by atoms with Gasteiger partial charge in [-0.3, -0.25) is 9.79 Å². The van der Waals surface area contributed by atoms with Crippen LogP contribution in [0, 0.1) is 6.92 Å². The average molecular weight is 386 g/mol. The molecule has 2 rings (SSSR count). The first-order valence-corrected chi connectivity index (χ1v) is 9.61. The molecule has 1 heterocycles. The lowest BCUT2D eigenvalue weighted by atomic mass is 10.2. The highest BCUT2D eigenvalue weighted by Gasteiger charge is 2.11. The van der Waals surface area contributed by atoms with E-state index in [-0.39, 0.29) is 5.91 Å². The molecule has 0 atom stereocenters. The molecule has 1 amide bonds. The molecule has 7 nitrogen and oxygen atoms in total. The van der Waals surface area contributed by atoms with Gasteiger partial charge in [0.05, 0.1) is 12.8 Å². The molecule has 2 aromatic rings.